The average Bonchev–Trinajstić information content (AvgIpc) is 3.73. The summed E-state index contributed by atoms with van der Waals surface area (Å²) in [7, 11) is 0. The summed E-state index contributed by atoms with van der Waals surface area (Å²) in [6.07, 6.45) is -2.60. The van der Waals surface area contributed by atoms with Gasteiger partial charge in [-0.05, 0) is 90.4 Å². The number of carboxylic acid groups (broad SMARTS) is 1. The lowest BCUT2D eigenvalue weighted by molar-refractivity contribution is -0.274. The molecule has 8 heteroatoms. The first kappa shape index (κ1) is 24.7. The number of aromatic nitrogens is 1. The van der Waals surface area contributed by atoms with Crippen LogP contribution in [0.2, 0.25) is 0 Å². The first-order valence-corrected chi connectivity index (χ1v) is 12.5. The lowest BCUT2D eigenvalue weighted by atomic mass is 9.97. The van der Waals surface area contributed by atoms with Crippen LogP contribution in [0.1, 0.15) is 40.2 Å². The van der Waals surface area contributed by atoms with Gasteiger partial charge in [0.15, 0.2) is 0 Å². The molecule has 0 atom stereocenters. The van der Waals surface area contributed by atoms with Crippen LogP contribution in [0.25, 0.3) is 32.9 Å². The molecule has 2 N–H and O–H groups in total. The van der Waals surface area contributed by atoms with Crippen molar-refractivity contribution in [1.29, 1.82) is 0 Å². The number of pyridine rings is 1. The number of ether oxygens (including phenoxy) is 1. The molecule has 1 aromatic heterocycles. The van der Waals surface area contributed by atoms with E-state index in [1.807, 2.05) is 55.5 Å². The lowest BCUT2D eigenvalue weighted by Gasteiger charge is -2.14. The van der Waals surface area contributed by atoms with E-state index in [4.69, 9.17) is 4.98 Å². The van der Waals surface area contributed by atoms with E-state index in [9.17, 15) is 23.1 Å². The molecule has 1 fully saturated rings. The normalized spacial score (nSPS) is 13.5. The first-order chi connectivity index (χ1) is 18.6. The van der Waals surface area contributed by atoms with Gasteiger partial charge in [-0.2, -0.15) is 0 Å². The summed E-state index contributed by atoms with van der Waals surface area (Å²) in [5, 5.41) is 14.8. The fourth-order valence-electron chi connectivity index (χ4n) is 4.96. The molecule has 196 valence electrons. The second kappa shape index (κ2) is 9.31. The maximum Gasteiger partial charge on any atom is 0.573 e. The van der Waals surface area contributed by atoms with Crippen LogP contribution in [-0.4, -0.2) is 22.4 Å². The second-order valence-electron chi connectivity index (χ2n) is 9.79. The number of fused-ring (bicyclic) bond motifs is 2. The summed E-state index contributed by atoms with van der Waals surface area (Å²) in [4.78, 5) is 16.8. The van der Waals surface area contributed by atoms with Gasteiger partial charge in [0, 0.05) is 16.5 Å². The van der Waals surface area contributed by atoms with Gasteiger partial charge in [-0.3, -0.25) is 0 Å². The maximum atomic E-state index is 12.7. The number of anilines is 2. The van der Waals surface area contributed by atoms with Crippen LogP contribution in [0, 0.1) is 6.92 Å². The van der Waals surface area contributed by atoms with Crippen LogP contribution in [0.15, 0.2) is 78.9 Å². The molecule has 6 rings (SSSR count). The Morgan fingerprint density at radius 2 is 1.77 bits per heavy atom. The molecule has 0 radical (unpaired) electrons. The van der Waals surface area contributed by atoms with E-state index in [-0.39, 0.29) is 11.3 Å². The van der Waals surface area contributed by atoms with Crippen molar-refractivity contribution in [2.75, 3.05) is 5.32 Å². The van der Waals surface area contributed by atoms with Crippen molar-refractivity contribution in [3.8, 4) is 16.9 Å². The van der Waals surface area contributed by atoms with E-state index in [1.165, 1.54) is 18.2 Å². The fraction of sp³-hybridized carbons (Fsp3) is 0.161. The lowest BCUT2D eigenvalue weighted by Crippen LogP contribution is -2.17. The summed E-state index contributed by atoms with van der Waals surface area (Å²) in [5.41, 5.74) is 6.05. The molecule has 1 aliphatic rings. The van der Waals surface area contributed by atoms with Crippen molar-refractivity contribution in [3.63, 3.8) is 0 Å². The Morgan fingerprint density at radius 3 is 2.51 bits per heavy atom. The predicted octanol–water partition coefficient (Wildman–Crippen LogP) is 8.58. The molecule has 0 aliphatic heterocycles. The van der Waals surface area contributed by atoms with Crippen molar-refractivity contribution < 1.29 is 27.8 Å². The summed E-state index contributed by atoms with van der Waals surface area (Å²) in [5.74, 6) is -0.826. The highest BCUT2D eigenvalue weighted by Crippen LogP contribution is 2.41. The number of hydrogen-bond acceptors (Lipinski definition) is 4. The van der Waals surface area contributed by atoms with Crippen LogP contribution >= 0.6 is 0 Å². The van der Waals surface area contributed by atoms with Crippen LogP contribution in [0.4, 0.5) is 24.5 Å². The van der Waals surface area contributed by atoms with E-state index in [2.05, 4.69) is 10.1 Å². The second-order valence-corrected chi connectivity index (χ2v) is 9.79. The molecule has 0 bridgehead atoms. The minimum Gasteiger partial charge on any atom is -0.478 e. The van der Waals surface area contributed by atoms with Gasteiger partial charge in [-0.15, -0.1) is 13.2 Å². The zero-order valence-corrected chi connectivity index (χ0v) is 20.8. The fourth-order valence-corrected chi connectivity index (χ4v) is 4.96. The highest BCUT2D eigenvalue weighted by Gasteiger charge is 2.31. The Hall–Kier alpha value is -4.59. The number of rotatable bonds is 6. The van der Waals surface area contributed by atoms with E-state index in [0.29, 0.717) is 28.4 Å². The Kier molecular flexibility index (Phi) is 5.90. The molecule has 1 heterocycles. The molecule has 5 nitrogen and oxygen atoms in total. The van der Waals surface area contributed by atoms with Crippen molar-refractivity contribution in [2.24, 2.45) is 0 Å². The first-order valence-electron chi connectivity index (χ1n) is 12.5. The van der Waals surface area contributed by atoms with Crippen molar-refractivity contribution >= 4 is 39.1 Å². The van der Waals surface area contributed by atoms with Gasteiger partial charge in [0.1, 0.15) is 5.75 Å². The van der Waals surface area contributed by atoms with Crippen molar-refractivity contribution in [1.82, 2.24) is 4.98 Å². The summed E-state index contributed by atoms with van der Waals surface area (Å²) in [6, 6.07) is 22.8. The van der Waals surface area contributed by atoms with Crippen molar-refractivity contribution in [3.05, 3.63) is 95.6 Å². The molecule has 0 unspecified atom stereocenters. The quantitative estimate of drug-likeness (QED) is 0.216. The zero-order chi connectivity index (χ0) is 27.3. The largest absolute Gasteiger partial charge is 0.573 e. The van der Waals surface area contributed by atoms with Crippen LogP contribution < -0.4 is 10.1 Å². The molecular formula is C31H23F3N2O3. The van der Waals surface area contributed by atoms with Gasteiger partial charge in [-0.25, -0.2) is 9.78 Å². The van der Waals surface area contributed by atoms with Crippen LogP contribution in [0.3, 0.4) is 0 Å². The van der Waals surface area contributed by atoms with Crippen LogP contribution in [-0.2, 0) is 0 Å². The van der Waals surface area contributed by atoms with Gasteiger partial charge in [0.2, 0.25) is 0 Å². The number of carboxylic acids is 1. The van der Waals surface area contributed by atoms with Crippen molar-refractivity contribution in [2.45, 2.75) is 32.0 Å². The van der Waals surface area contributed by atoms with E-state index < -0.39 is 12.3 Å². The molecule has 0 spiro atoms. The summed E-state index contributed by atoms with van der Waals surface area (Å²) >= 11 is 0. The molecule has 1 saturated carbocycles. The molecule has 1 aliphatic carbocycles. The molecule has 0 amide bonds. The molecule has 5 aromatic rings. The van der Waals surface area contributed by atoms with E-state index in [1.54, 1.807) is 12.1 Å². The number of aryl methyl sites for hydroxylation is 1. The predicted molar refractivity (Wildman–Crippen MR) is 145 cm³/mol. The zero-order valence-electron chi connectivity index (χ0n) is 20.8. The Labute approximate surface area is 221 Å². The number of alkyl halides is 3. The standard InChI is InChI=1S/C31H23F3N2O3/c1-17-25(20-3-2-4-24(14-20)39-31(32,33)34)11-8-22-13-21-7-10-23(16-28(21)36-29(17)22)35-27-12-9-19(18-5-6-18)15-26(27)30(37)38/h2-4,7-16,18,35H,5-6H2,1H3,(H,37,38). The third kappa shape index (κ3) is 5.10. The number of hydrogen-bond donors (Lipinski definition) is 2. The maximum absolute atomic E-state index is 12.7. The molecular weight excluding hydrogens is 505 g/mol. The van der Waals surface area contributed by atoms with Gasteiger partial charge in [-0.1, -0.05) is 36.4 Å². The topological polar surface area (TPSA) is 71.5 Å². The van der Waals surface area contributed by atoms with Gasteiger partial charge in [0.05, 0.1) is 22.3 Å². The van der Waals surface area contributed by atoms with Crippen LogP contribution in [0.5, 0.6) is 5.75 Å². The smallest absolute Gasteiger partial charge is 0.478 e. The highest BCUT2D eigenvalue weighted by atomic mass is 19.4. The third-order valence-electron chi connectivity index (χ3n) is 7.02. The van der Waals surface area contributed by atoms with Gasteiger partial charge < -0.3 is 15.2 Å². The summed E-state index contributed by atoms with van der Waals surface area (Å²) in [6.45, 7) is 1.89. The van der Waals surface area contributed by atoms with E-state index in [0.717, 1.165) is 45.8 Å². The number of nitrogens with one attached hydrogen (secondary N) is 1. The van der Waals surface area contributed by atoms with Gasteiger partial charge in [0.25, 0.3) is 0 Å². The number of nitrogens with zero attached hydrogens (tertiary/aromatic N) is 1. The molecule has 39 heavy (non-hydrogen) atoms. The molecule has 4 aromatic carbocycles. The third-order valence-corrected chi connectivity index (χ3v) is 7.02. The number of aromatic carboxylic acids is 1. The number of carbonyl (C=O) groups is 1. The molecule has 0 saturated heterocycles. The SMILES string of the molecule is Cc1c(-c2cccc(OC(F)(F)F)c2)ccc2cc3ccc(Nc4ccc(C5CC5)cc4C(=O)O)cc3nc12. The average molecular weight is 529 g/mol. The number of halogens is 3. The van der Waals surface area contributed by atoms with Gasteiger partial charge >= 0.3 is 12.3 Å². The Bertz CT molecular complexity index is 1760. The van der Waals surface area contributed by atoms with E-state index >= 15 is 0 Å². The minimum atomic E-state index is -4.77. The Balaban J connectivity index is 1.37. The monoisotopic (exact) mass is 528 g/mol. The number of benzene rings is 4. The Morgan fingerprint density at radius 1 is 0.974 bits per heavy atom. The minimum absolute atomic E-state index is 0.225. The summed E-state index contributed by atoms with van der Waals surface area (Å²) < 4.78 is 42.3. The highest BCUT2D eigenvalue weighted by molar-refractivity contribution is 5.99.